The predicted molar refractivity (Wildman–Crippen MR) is 64.3 cm³/mol. The molecule has 0 bridgehead atoms. The zero-order valence-electron chi connectivity index (χ0n) is 9.90. The van der Waals surface area contributed by atoms with Gasteiger partial charge >= 0.3 is 5.97 Å². The van der Waals surface area contributed by atoms with Crippen LogP contribution >= 0.6 is 0 Å². The smallest absolute Gasteiger partial charge is 0.354 e. The van der Waals surface area contributed by atoms with E-state index in [9.17, 15) is 9.59 Å². The summed E-state index contributed by atoms with van der Waals surface area (Å²) < 4.78 is 4.90. The fourth-order valence-electron chi connectivity index (χ4n) is 1.13. The van der Waals surface area contributed by atoms with Crippen LogP contribution in [0.5, 0.6) is 0 Å². The Labute approximate surface area is 100 Å². The van der Waals surface area contributed by atoms with Gasteiger partial charge in [0.05, 0.1) is 6.10 Å². The molecule has 0 heterocycles. The van der Waals surface area contributed by atoms with Crippen LogP contribution in [0, 0.1) is 0 Å². The predicted octanol–water partition coefficient (Wildman–Crippen LogP) is 1.88. The Kier molecular flexibility index (Phi) is 4.46. The third-order valence-electron chi connectivity index (χ3n) is 1.89. The lowest BCUT2D eigenvalue weighted by Crippen LogP contribution is -2.28. The van der Waals surface area contributed by atoms with Crippen LogP contribution in [0.1, 0.15) is 24.2 Å². The van der Waals surface area contributed by atoms with Gasteiger partial charge in [-0.05, 0) is 26.0 Å². The van der Waals surface area contributed by atoms with Crippen molar-refractivity contribution in [3.63, 3.8) is 0 Å². The van der Waals surface area contributed by atoms with E-state index in [0.29, 0.717) is 5.56 Å². The van der Waals surface area contributed by atoms with Crippen molar-refractivity contribution >= 4 is 11.9 Å². The summed E-state index contributed by atoms with van der Waals surface area (Å²) in [5, 5.41) is 2.39. The lowest BCUT2D eigenvalue weighted by molar-refractivity contribution is -0.142. The molecule has 1 amide bonds. The number of rotatable bonds is 4. The van der Waals surface area contributed by atoms with Crippen molar-refractivity contribution < 1.29 is 14.3 Å². The lowest BCUT2D eigenvalue weighted by atomic mass is 10.2. The average molecular weight is 233 g/mol. The molecule has 0 saturated heterocycles. The Balaban J connectivity index is 2.58. The van der Waals surface area contributed by atoms with Crippen LogP contribution in [-0.2, 0) is 9.53 Å². The zero-order chi connectivity index (χ0) is 12.8. The van der Waals surface area contributed by atoms with Gasteiger partial charge in [-0.1, -0.05) is 24.8 Å². The van der Waals surface area contributed by atoms with Crippen LogP contribution < -0.4 is 5.32 Å². The maximum Gasteiger partial charge on any atom is 0.354 e. The highest BCUT2D eigenvalue weighted by atomic mass is 16.5. The summed E-state index contributed by atoms with van der Waals surface area (Å²) in [7, 11) is 0. The second-order valence-electron chi connectivity index (χ2n) is 3.75. The van der Waals surface area contributed by atoms with Gasteiger partial charge in [-0.3, -0.25) is 4.79 Å². The standard InChI is InChI=1S/C13H15NO3/c1-9(2)17-13(16)10(3)14-12(15)11-7-5-4-6-8-11/h4-9H,3H2,1-2H3,(H,14,15). The van der Waals surface area contributed by atoms with E-state index in [-0.39, 0.29) is 17.7 Å². The highest BCUT2D eigenvalue weighted by Gasteiger charge is 2.14. The van der Waals surface area contributed by atoms with Crippen molar-refractivity contribution in [2.24, 2.45) is 0 Å². The first kappa shape index (κ1) is 13.0. The summed E-state index contributed by atoms with van der Waals surface area (Å²) in [4.78, 5) is 23.0. The van der Waals surface area contributed by atoms with Crippen LogP contribution in [-0.4, -0.2) is 18.0 Å². The van der Waals surface area contributed by atoms with Crippen LogP contribution in [0.25, 0.3) is 0 Å². The van der Waals surface area contributed by atoms with E-state index in [4.69, 9.17) is 4.74 Å². The summed E-state index contributed by atoms with van der Waals surface area (Å²) in [6.07, 6.45) is -0.243. The maximum atomic E-state index is 11.7. The molecule has 0 atom stereocenters. The summed E-state index contributed by atoms with van der Waals surface area (Å²) in [6.45, 7) is 6.92. The molecule has 1 rings (SSSR count). The zero-order valence-corrected chi connectivity index (χ0v) is 9.90. The third kappa shape index (κ3) is 4.10. The first-order valence-corrected chi connectivity index (χ1v) is 5.27. The molecule has 0 spiro atoms. The third-order valence-corrected chi connectivity index (χ3v) is 1.89. The highest BCUT2D eigenvalue weighted by molar-refractivity contribution is 6.00. The number of amides is 1. The van der Waals surface area contributed by atoms with E-state index in [2.05, 4.69) is 11.9 Å². The number of carbonyl (C=O) groups is 2. The summed E-state index contributed by atoms with van der Waals surface area (Å²) in [5.41, 5.74) is 0.401. The molecule has 0 aliphatic heterocycles. The normalized spacial score (nSPS) is 9.82. The molecule has 4 heteroatoms. The molecule has 0 aromatic heterocycles. The summed E-state index contributed by atoms with van der Waals surface area (Å²) >= 11 is 0. The van der Waals surface area contributed by atoms with E-state index < -0.39 is 5.97 Å². The molecule has 90 valence electrons. The van der Waals surface area contributed by atoms with Crippen LogP contribution in [0.3, 0.4) is 0 Å². The van der Waals surface area contributed by atoms with Gasteiger partial charge in [0.1, 0.15) is 5.70 Å². The van der Waals surface area contributed by atoms with Crippen molar-refractivity contribution in [1.82, 2.24) is 5.32 Å². The molecule has 0 aliphatic carbocycles. The second kappa shape index (κ2) is 5.84. The summed E-state index contributed by atoms with van der Waals surface area (Å²) in [5.74, 6) is -0.999. The van der Waals surface area contributed by atoms with Crippen molar-refractivity contribution in [2.45, 2.75) is 20.0 Å². The highest BCUT2D eigenvalue weighted by Crippen LogP contribution is 2.01. The molecule has 1 aromatic rings. The molecule has 17 heavy (non-hydrogen) atoms. The quantitative estimate of drug-likeness (QED) is 0.638. The Bertz CT molecular complexity index is 424. The second-order valence-corrected chi connectivity index (χ2v) is 3.75. The van der Waals surface area contributed by atoms with E-state index in [1.807, 2.05) is 0 Å². The maximum absolute atomic E-state index is 11.7. The molecule has 0 unspecified atom stereocenters. The van der Waals surface area contributed by atoms with Crippen LogP contribution in [0.4, 0.5) is 0 Å². The first-order valence-electron chi connectivity index (χ1n) is 5.27. The Morgan fingerprint density at radius 1 is 1.24 bits per heavy atom. The fourth-order valence-corrected chi connectivity index (χ4v) is 1.13. The van der Waals surface area contributed by atoms with Gasteiger partial charge in [0, 0.05) is 5.56 Å². The Hall–Kier alpha value is -2.10. The molecule has 0 radical (unpaired) electrons. The first-order chi connectivity index (χ1) is 8.00. The molecule has 1 aromatic carbocycles. The van der Waals surface area contributed by atoms with Crippen molar-refractivity contribution in [3.05, 3.63) is 48.2 Å². The number of ether oxygens (including phenoxy) is 1. The number of hydrogen-bond donors (Lipinski definition) is 1. The SMILES string of the molecule is C=C(NC(=O)c1ccccc1)C(=O)OC(C)C. The van der Waals surface area contributed by atoms with Crippen molar-refractivity contribution in [3.8, 4) is 0 Å². The Morgan fingerprint density at radius 3 is 2.35 bits per heavy atom. The number of carbonyl (C=O) groups excluding carboxylic acids is 2. The van der Waals surface area contributed by atoms with Gasteiger partial charge in [0.25, 0.3) is 5.91 Å². The number of nitrogens with one attached hydrogen (secondary N) is 1. The number of hydrogen-bond acceptors (Lipinski definition) is 3. The van der Waals surface area contributed by atoms with E-state index in [1.54, 1.807) is 44.2 Å². The number of esters is 1. The van der Waals surface area contributed by atoms with E-state index >= 15 is 0 Å². The van der Waals surface area contributed by atoms with Gasteiger partial charge in [0.2, 0.25) is 0 Å². The van der Waals surface area contributed by atoms with Gasteiger partial charge in [-0.15, -0.1) is 0 Å². The molecule has 1 N–H and O–H groups in total. The number of benzene rings is 1. The Morgan fingerprint density at radius 2 is 1.82 bits per heavy atom. The minimum absolute atomic E-state index is 0.0625. The van der Waals surface area contributed by atoms with Gasteiger partial charge in [0.15, 0.2) is 0 Å². The molecule has 0 saturated carbocycles. The van der Waals surface area contributed by atoms with E-state index in [0.717, 1.165) is 0 Å². The molecule has 4 nitrogen and oxygen atoms in total. The van der Waals surface area contributed by atoms with Crippen LogP contribution in [0.15, 0.2) is 42.6 Å². The lowest BCUT2D eigenvalue weighted by Gasteiger charge is -2.10. The van der Waals surface area contributed by atoms with Gasteiger partial charge in [-0.2, -0.15) is 0 Å². The average Bonchev–Trinajstić information content (AvgIpc) is 2.29. The van der Waals surface area contributed by atoms with E-state index in [1.165, 1.54) is 0 Å². The molecular weight excluding hydrogens is 218 g/mol. The molecular formula is C13H15NO3. The van der Waals surface area contributed by atoms with Crippen LogP contribution in [0.2, 0.25) is 0 Å². The minimum atomic E-state index is -0.621. The molecule has 0 aliphatic rings. The van der Waals surface area contributed by atoms with Gasteiger partial charge in [-0.25, -0.2) is 4.79 Å². The minimum Gasteiger partial charge on any atom is -0.458 e. The largest absolute Gasteiger partial charge is 0.458 e. The van der Waals surface area contributed by atoms with Crippen molar-refractivity contribution in [1.29, 1.82) is 0 Å². The topological polar surface area (TPSA) is 55.4 Å². The summed E-state index contributed by atoms with van der Waals surface area (Å²) in [6, 6.07) is 8.58. The fraction of sp³-hybridized carbons (Fsp3) is 0.231. The molecule has 0 fully saturated rings. The van der Waals surface area contributed by atoms with Gasteiger partial charge < -0.3 is 10.1 Å². The van der Waals surface area contributed by atoms with Crippen molar-refractivity contribution in [2.75, 3.05) is 0 Å². The monoisotopic (exact) mass is 233 g/mol.